The maximum atomic E-state index is 11.8. The number of piperidine rings is 1. The first-order valence-corrected chi connectivity index (χ1v) is 15.2. The van der Waals surface area contributed by atoms with Crippen LogP contribution < -0.4 is 10.6 Å². The van der Waals surface area contributed by atoms with Crippen LogP contribution in [0.25, 0.3) is 0 Å². The van der Waals surface area contributed by atoms with Gasteiger partial charge in [-0.2, -0.15) is 0 Å². The van der Waals surface area contributed by atoms with Gasteiger partial charge in [-0.25, -0.2) is 19.2 Å². The second-order valence-corrected chi connectivity index (χ2v) is 12.6. The van der Waals surface area contributed by atoms with E-state index in [-0.39, 0.29) is 23.5 Å². The van der Waals surface area contributed by atoms with Crippen molar-refractivity contribution in [3.8, 4) is 0 Å². The number of methoxy groups -OCH3 is 1. The van der Waals surface area contributed by atoms with E-state index in [0.717, 1.165) is 51.9 Å². The first-order valence-electron chi connectivity index (χ1n) is 15.2. The van der Waals surface area contributed by atoms with Crippen LogP contribution in [0.15, 0.2) is 12.7 Å². The summed E-state index contributed by atoms with van der Waals surface area (Å²) in [5.41, 5.74) is -1.99. The van der Waals surface area contributed by atoms with Crippen LogP contribution in [0.2, 0.25) is 0 Å². The van der Waals surface area contributed by atoms with Gasteiger partial charge in [-0.15, -0.1) is 6.58 Å². The Morgan fingerprint density at radius 2 is 1.42 bits per heavy atom. The molecule has 2 aliphatic heterocycles. The van der Waals surface area contributed by atoms with Gasteiger partial charge in [0, 0.05) is 32.1 Å². The Hall–Kier alpha value is -3.31. The van der Waals surface area contributed by atoms with Crippen molar-refractivity contribution in [3.05, 3.63) is 12.7 Å². The fourth-order valence-corrected chi connectivity index (χ4v) is 4.51. The van der Waals surface area contributed by atoms with Gasteiger partial charge in [0.1, 0.15) is 17.2 Å². The molecule has 3 fully saturated rings. The first-order chi connectivity index (χ1) is 20.0. The van der Waals surface area contributed by atoms with Crippen LogP contribution in [0.4, 0.5) is 9.59 Å². The number of aliphatic carboxylic acids is 1. The van der Waals surface area contributed by atoms with E-state index in [1.807, 2.05) is 34.6 Å². The summed E-state index contributed by atoms with van der Waals surface area (Å²) in [5, 5.41) is 14.2. The Balaban J connectivity index is 0.000000612. The first kappa shape index (κ1) is 39.7. The minimum absolute atomic E-state index is 0.142. The van der Waals surface area contributed by atoms with E-state index < -0.39 is 29.1 Å². The molecule has 0 radical (unpaired) electrons. The highest BCUT2D eigenvalue weighted by Crippen LogP contribution is 2.44. The number of ether oxygens (including phenoxy) is 2. The zero-order valence-electron chi connectivity index (χ0n) is 27.8. The molecule has 1 aliphatic carbocycles. The number of carbonyl (C=O) groups excluding carboxylic acids is 4. The third-order valence-electron chi connectivity index (χ3n) is 6.94. The fraction of sp³-hybridized carbons (Fsp3) is 0.774. The Morgan fingerprint density at radius 3 is 1.79 bits per heavy atom. The Labute approximate surface area is 257 Å². The van der Waals surface area contributed by atoms with Crippen molar-refractivity contribution in [2.24, 2.45) is 11.3 Å². The van der Waals surface area contributed by atoms with Crippen LogP contribution in [-0.2, 0) is 23.9 Å². The molecule has 248 valence electrons. The lowest BCUT2D eigenvalue weighted by Gasteiger charge is -2.31. The number of likely N-dealkylation sites (tertiary alicyclic amines) is 2. The van der Waals surface area contributed by atoms with E-state index in [0.29, 0.717) is 12.8 Å². The predicted octanol–water partition coefficient (Wildman–Crippen LogP) is 4.57. The normalized spacial score (nSPS) is 21.5. The molecule has 0 aromatic carbocycles. The van der Waals surface area contributed by atoms with Crippen LogP contribution in [-0.4, -0.2) is 95.9 Å². The summed E-state index contributed by atoms with van der Waals surface area (Å²) in [6.07, 6.45) is 7.87. The highest BCUT2D eigenvalue weighted by molar-refractivity contribution is 5.90. The van der Waals surface area contributed by atoms with Crippen molar-refractivity contribution in [2.45, 2.75) is 111 Å². The van der Waals surface area contributed by atoms with Gasteiger partial charge in [-0.05, 0) is 64.7 Å². The van der Waals surface area contributed by atoms with Crippen LogP contribution in [0, 0.1) is 11.3 Å². The van der Waals surface area contributed by atoms with Gasteiger partial charge in [-0.1, -0.05) is 40.7 Å². The van der Waals surface area contributed by atoms with Gasteiger partial charge in [-0.3, -0.25) is 4.79 Å². The van der Waals surface area contributed by atoms with Gasteiger partial charge in [0.25, 0.3) is 0 Å². The number of carbonyl (C=O) groups is 5. The van der Waals surface area contributed by atoms with Gasteiger partial charge in [0.15, 0.2) is 0 Å². The molecule has 4 amide bonds. The lowest BCUT2D eigenvalue weighted by atomic mass is 9.87. The van der Waals surface area contributed by atoms with Crippen molar-refractivity contribution < 1.29 is 38.6 Å². The molecule has 0 spiro atoms. The summed E-state index contributed by atoms with van der Waals surface area (Å²) in [6, 6.07) is -0.876. The van der Waals surface area contributed by atoms with Crippen molar-refractivity contribution in [1.82, 2.24) is 20.4 Å². The van der Waals surface area contributed by atoms with Crippen molar-refractivity contribution in [1.29, 1.82) is 0 Å². The lowest BCUT2D eigenvalue weighted by molar-refractivity contribution is -0.161. The van der Waals surface area contributed by atoms with Crippen LogP contribution in [0.3, 0.4) is 0 Å². The average molecular weight is 613 g/mol. The molecule has 3 rings (SSSR count). The monoisotopic (exact) mass is 612 g/mol. The van der Waals surface area contributed by atoms with Crippen LogP contribution in [0.5, 0.6) is 0 Å². The number of nitrogens with one attached hydrogen (secondary N) is 2. The summed E-state index contributed by atoms with van der Waals surface area (Å²) in [5.74, 6) is -1.51. The van der Waals surface area contributed by atoms with Gasteiger partial charge in [0.05, 0.1) is 7.11 Å². The maximum Gasteiger partial charge on any atom is 0.409 e. The summed E-state index contributed by atoms with van der Waals surface area (Å²) >= 11 is 0. The molecular formula is C31H56N4O8. The second-order valence-electron chi connectivity index (χ2n) is 12.6. The number of esters is 1. The Morgan fingerprint density at radius 1 is 0.930 bits per heavy atom. The average Bonchev–Trinajstić information content (AvgIpc) is 3.38. The third-order valence-corrected chi connectivity index (χ3v) is 6.94. The molecule has 1 saturated carbocycles. The largest absolute Gasteiger partial charge is 0.479 e. The molecule has 3 N–H and O–H groups in total. The number of amides is 4. The Bertz CT molecular complexity index is 916. The lowest BCUT2D eigenvalue weighted by Crippen LogP contribution is -2.50. The minimum Gasteiger partial charge on any atom is -0.479 e. The standard InChI is InChI=1S/C11H16N2O3.C11H21NO3.C7H13NO2.C2H6/c1-2-8-7-11(8,9(14)15)12-10(16)13-5-3-4-6-13;1-10(2,3)8(12-7-13)9(14)15-11(4,5)6;1-10-7(9)8-5-3-2-4-6-8;1-2/h2,8H,1,3-7H2,(H,12,16)(H,14,15);7-8H,1-6H3,(H,12,13);2-6H2,1H3;1-2H3/t;8-;;/m.1../s1. The zero-order valence-corrected chi connectivity index (χ0v) is 27.8. The third kappa shape index (κ3) is 13.7. The van der Waals surface area contributed by atoms with E-state index in [2.05, 4.69) is 21.9 Å². The number of rotatable bonds is 6. The summed E-state index contributed by atoms with van der Waals surface area (Å²) in [4.78, 5) is 59.4. The molecule has 0 aromatic heterocycles. The summed E-state index contributed by atoms with van der Waals surface area (Å²) in [7, 11) is 1.43. The molecule has 0 bridgehead atoms. The summed E-state index contributed by atoms with van der Waals surface area (Å²) in [6.45, 7) is 21.8. The zero-order chi connectivity index (χ0) is 33.4. The highest BCUT2D eigenvalue weighted by Gasteiger charge is 2.60. The van der Waals surface area contributed by atoms with E-state index in [4.69, 9.17) is 9.84 Å². The molecular weight excluding hydrogens is 556 g/mol. The number of carboxylic acids is 1. The van der Waals surface area contributed by atoms with Gasteiger partial charge in [0.2, 0.25) is 6.41 Å². The number of hydrogen-bond acceptors (Lipinski definition) is 7. The van der Waals surface area contributed by atoms with E-state index >= 15 is 0 Å². The smallest absolute Gasteiger partial charge is 0.409 e. The molecule has 2 saturated heterocycles. The fourth-order valence-electron chi connectivity index (χ4n) is 4.51. The number of nitrogens with zero attached hydrogens (tertiary/aromatic N) is 2. The minimum atomic E-state index is -1.10. The van der Waals surface area contributed by atoms with E-state index in [1.54, 1.807) is 36.6 Å². The van der Waals surface area contributed by atoms with E-state index in [1.165, 1.54) is 13.5 Å². The molecule has 43 heavy (non-hydrogen) atoms. The van der Waals surface area contributed by atoms with Crippen LogP contribution in [0.1, 0.15) is 93.9 Å². The van der Waals surface area contributed by atoms with Crippen molar-refractivity contribution in [3.63, 3.8) is 0 Å². The molecule has 2 heterocycles. The van der Waals surface area contributed by atoms with Gasteiger partial charge >= 0.3 is 24.1 Å². The molecule has 12 heteroatoms. The molecule has 12 nitrogen and oxygen atoms in total. The molecule has 0 aromatic rings. The van der Waals surface area contributed by atoms with Crippen molar-refractivity contribution >= 4 is 30.5 Å². The topological polar surface area (TPSA) is 155 Å². The number of hydrogen-bond donors (Lipinski definition) is 3. The van der Waals surface area contributed by atoms with E-state index in [9.17, 15) is 24.0 Å². The second kappa shape index (κ2) is 18.4. The summed E-state index contributed by atoms with van der Waals surface area (Å²) < 4.78 is 9.80. The molecule has 2 unspecified atom stereocenters. The SMILES string of the molecule is C=CC1CC1(NC(=O)N1CCCC1)C(=O)O.CC.CC(C)(C)OC(=O)[C@@H](NC=O)C(C)(C)C.COC(=O)N1CCCCC1. The highest BCUT2D eigenvalue weighted by atomic mass is 16.6. The number of carboxylic acid groups (broad SMARTS) is 1. The Kier molecular flexibility index (Phi) is 17.0. The number of urea groups is 1. The molecule has 3 atom stereocenters. The molecule has 3 aliphatic rings. The van der Waals surface area contributed by atoms with Crippen molar-refractivity contribution in [2.75, 3.05) is 33.3 Å². The maximum absolute atomic E-state index is 11.8. The van der Waals surface area contributed by atoms with Gasteiger partial charge < -0.3 is 35.0 Å². The van der Waals surface area contributed by atoms with Crippen LogP contribution >= 0.6 is 0 Å². The quantitative estimate of drug-likeness (QED) is 0.224. The predicted molar refractivity (Wildman–Crippen MR) is 165 cm³/mol.